The van der Waals surface area contributed by atoms with Gasteiger partial charge < -0.3 is 9.47 Å². The first kappa shape index (κ1) is 22.9. The Hall–Kier alpha value is -0.743. The van der Waals surface area contributed by atoms with Crippen LogP contribution in [0.5, 0.6) is 0 Å². The monoisotopic (exact) mass is 502 g/mol. The molecule has 0 aliphatic carbocycles. The SMILES string of the molecule is C[Si](C)(C)CCOCn1c(CSC2CCOCC2)nc2cc(Br)cc(F)c2c1=O. The topological polar surface area (TPSA) is 53.4 Å². The molecule has 1 aromatic heterocycles. The van der Waals surface area contributed by atoms with Gasteiger partial charge in [-0.3, -0.25) is 9.36 Å². The van der Waals surface area contributed by atoms with E-state index in [1.165, 1.54) is 10.6 Å². The Kier molecular flexibility index (Phi) is 7.94. The van der Waals surface area contributed by atoms with Gasteiger partial charge >= 0.3 is 0 Å². The lowest BCUT2D eigenvalue weighted by Crippen LogP contribution is -2.29. The molecule has 0 spiro atoms. The van der Waals surface area contributed by atoms with Crippen molar-refractivity contribution in [1.29, 1.82) is 0 Å². The van der Waals surface area contributed by atoms with Gasteiger partial charge in [0.15, 0.2) is 0 Å². The van der Waals surface area contributed by atoms with Crippen LogP contribution >= 0.6 is 27.7 Å². The van der Waals surface area contributed by atoms with Crippen LogP contribution < -0.4 is 5.56 Å². The van der Waals surface area contributed by atoms with E-state index in [1.807, 2.05) is 0 Å². The number of hydrogen-bond acceptors (Lipinski definition) is 5. The molecule has 9 heteroatoms. The summed E-state index contributed by atoms with van der Waals surface area (Å²) in [6.45, 7) is 9.08. The molecule has 1 fully saturated rings. The van der Waals surface area contributed by atoms with Crippen LogP contribution in [0, 0.1) is 5.82 Å². The Balaban J connectivity index is 1.87. The molecule has 0 radical (unpaired) electrons. The van der Waals surface area contributed by atoms with E-state index in [9.17, 15) is 9.18 Å². The van der Waals surface area contributed by atoms with Crippen molar-refractivity contribution < 1.29 is 13.9 Å². The molecule has 0 saturated carbocycles. The number of thioether (sulfide) groups is 1. The van der Waals surface area contributed by atoms with Crippen molar-refractivity contribution >= 4 is 46.7 Å². The summed E-state index contributed by atoms with van der Waals surface area (Å²) in [4.78, 5) is 17.7. The summed E-state index contributed by atoms with van der Waals surface area (Å²) in [6, 6.07) is 4.01. The second kappa shape index (κ2) is 10.0. The van der Waals surface area contributed by atoms with E-state index in [4.69, 9.17) is 9.47 Å². The van der Waals surface area contributed by atoms with Crippen LogP contribution in [0.1, 0.15) is 18.7 Å². The minimum Gasteiger partial charge on any atom is -0.381 e. The summed E-state index contributed by atoms with van der Waals surface area (Å²) in [6.07, 6.45) is 1.99. The largest absolute Gasteiger partial charge is 0.381 e. The van der Waals surface area contributed by atoms with Crippen LogP contribution in [0.25, 0.3) is 10.9 Å². The van der Waals surface area contributed by atoms with Gasteiger partial charge in [0.25, 0.3) is 5.56 Å². The van der Waals surface area contributed by atoms with Gasteiger partial charge in [0.2, 0.25) is 0 Å². The third-order valence-electron chi connectivity index (χ3n) is 4.89. The summed E-state index contributed by atoms with van der Waals surface area (Å²) < 4.78 is 27.8. The van der Waals surface area contributed by atoms with Crippen LogP contribution in [0.4, 0.5) is 4.39 Å². The Morgan fingerprint density at radius 1 is 1.34 bits per heavy atom. The van der Waals surface area contributed by atoms with Crippen molar-refractivity contribution in [1.82, 2.24) is 9.55 Å². The van der Waals surface area contributed by atoms with Gasteiger partial charge in [-0.2, -0.15) is 11.8 Å². The lowest BCUT2D eigenvalue weighted by molar-refractivity contribution is 0.0826. The number of halogens is 2. The summed E-state index contributed by atoms with van der Waals surface area (Å²) >= 11 is 5.07. The highest BCUT2D eigenvalue weighted by molar-refractivity contribution is 9.10. The maximum atomic E-state index is 14.5. The molecule has 2 heterocycles. The standard InChI is InChI=1S/C20H28BrFN2O3SSi/c1-29(2,3)9-8-27-13-24-18(12-28-15-4-6-26-7-5-15)23-17-11-14(21)10-16(22)19(17)20(24)25/h10-11,15H,4-9,12-13H2,1-3H3. The molecule has 1 aliphatic rings. The van der Waals surface area contributed by atoms with Crippen molar-refractivity contribution in [2.75, 3.05) is 19.8 Å². The van der Waals surface area contributed by atoms with Gasteiger partial charge in [-0.15, -0.1) is 0 Å². The minimum atomic E-state index is -1.23. The number of ether oxygens (including phenoxy) is 2. The normalized spacial score (nSPS) is 15.9. The van der Waals surface area contributed by atoms with Gasteiger partial charge in [-0.1, -0.05) is 35.6 Å². The first-order valence-electron chi connectivity index (χ1n) is 9.90. The number of fused-ring (bicyclic) bond motifs is 1. The summed E-state index contributed by atoms with van der Waals surface area (Å²) in [5.41, 5.74) is -0.00150. The fourth-order valence-corrected chi connectivity index (χ4v) is 5.43. The van der Waals surface area contributed by atoms with Crippen LogP contribution in [-0.4, -0.2) is 42.7 Å². The van der Waals surface area contributed by atoms with Gasteiger partial charge in [-0.05, 0) is 31.0 Å². The maximum absolute atomic E-state index is 14.5. The van der Waals surface area contributed by atoms with Gasteiger partial charge in [0, 0.05) is 37.6 Å². The lowest BCUT2D eigenvalue weighted by atomic mass is 10.2. The van der Waals surface area contributed by atoms with Crippen LogP contribution in [0.2, 0.25) is 25.7 Å². The molecule has 1 aliphatic heterocycles. The smallest absolute Gasteiger partial charge is 0.266 e. The molecule has 0 bridgehead atoms. The molecule has 160 valence electrons. The Bertz CT molecular complexity index is 913. The highest BCUT2D eigenvalue weighted by atomic mass is 79.9. The number of nitrogens with zero attached hydrogens (tertiary/aromatic N) is 2. The zero-order valence-corrected chi connectivity index (χ0v) is 20.6. The zero-order chi connectivity index (χ0) is 21.0. The molecule has 29 heavy (non-hydrogen) atoms. The Morgan fingerprint density at radius 3 is 2.76 bits per heavy atom. The molecule has 0 atom stereocenters. The van der Waals surface area contributed by atoms with Crippen molar-refractivity contribution in [2.24, 2.45) is 0 Å². The third kappa shape index (κ3) is 6.37. The molecule has 1 aromatic carbocycles. The van der Waals surface area contributed by atoms with Crippen molar-refractivity contribution in [3.63, 3.8) is 0 Å². The van der Waals surface area contributed by atoms with E-state index in [1.54, 1.807) is 17.8 Å². The zero-order valence-electron chi connectivity index (χ0n) is 17.2. The van der Waals surface area contributed by atoms with Crippen LogP contribution in [-0.2, 0) is 22.0 Å². The second-order valence-corrected chi connectivity index (χ2v) is 16.3. The molecule has 3 rings (SSSR count). The number of benzene rings is 1. The molecular formula is C20H28BrFN2O3SSi. The van der Waals surface area contributed by atoms with Crippen LogP contribution in [0.3, 0.4) is 0 Å². The third-order valence-corrected chi connectivity index (χ3v) is 8.42. The first-order valence-corrected chi connectivity index (χ1v) is 15.4. The first-order chi connectivity index (χ1) is 13.7. The fourth-order valence-electron chi connectivity index (χ4n) is 3.12. The second-order valence-electron chi connectivity index (χ2n) is 8.51. The maximum Gasteiger partial charge on any atom is 0.266 e. The summed E-state index contributed by atoms with van der Waals surface area (Å²) in [7, 11) is -1.23. The molecular weight excluding hydrogens is 475 g/mol. The average molecular weight is 504 g/mol. The lowest BCUT2D eigenvalue weighted by Gasteiger charge is -2.22. The summed E-state index contributed by atoms with van der Waals surface area (Å²) in [5, 5.41) is 0.499. The molecule has 0 unspecified atom stereocenters. The van der Waals surface area contributed by atoms with Crippen molar-refractivity contribution in [3.8, 4) is 0 Å². The van der Waals surface area contributed by atoms with E-state index in [2.05, 4.69) is 40.6 Å². The average Bonchev–Trinajstić information content (AvgIpc) is 2.64. The Morgan fingerprint density at radius 2 is 2.07 bits per heavy atom. The van der Waals surface area contributed by atoms with E-state index in [0.717, 1.165) is 32.1 Å². The predicted octanol–water partition coefficient (Wildman–Crippen LogP) is 5.02. The van der Waals surface area contributed by atoms with Gasteiger partial charge in [-0.25, -0.2) is 9.37 Å². The molecule has 0 N–H and O–H groups in total. The van der Waals surface area contributed by atoms with E-state index < -0.39 is 13.9 Å². The molecule has 1 saturated heterocycles. The highest BCUT2D eigenvalue weighted by Gasteiger charge is 2.19. The van der Waals surface area contributed by atoms with E-state index in [-0.39, 0.29) is 17.7 Å². The van der Waals surface area contributed by atoms with Gasteiger partial charge in [0.1, 0.15) is 23.8 Å². The minimum absolute atomic E-state index is 0.0156. The highest BCUT2D eigenvalue weighted by Crippen LogP contribution is 2.26. The number of aromatic nitrogens is 2. The Labute approximate surface area is 184 Å². The molecule has 2 aromatic rings. The van der Waals surface area contributed by atoms with E-state index in [0.29, 0.717) is 33.4 Å². The summed E-state index contributed by atoms with van der Waals surface area (Å²) in [5.74, 6) is 0.650. The van der Waals surface area contributed by atoms with Gasteiger partial charge in [0.05, 0.1) is 11.3 Å². The molecule has 0 amide bonds. The van der Waals surface area contributed by atoms with Crippen LogP contribution in [0.15, 0.2) is 21.4 Å². The number of hydrogen-bond donors (Lipinski definition) is 0. The van der Waals surface area contributed by atoms with E-state index >= 15 is 0 Å². The molecule has 5 nitrogen and oxygen atoms in total. The fraction of sp³-hybridized carbons (Fsp3) is 0.600. The predicted molar refractivity (Wildman–Crippen MR) is 123 cm³/mol. The van der Waals surface area contributed by atoms with Crippen molar-refractivity contribution in [2.45, 2.75) is 56.3 Å². The number of rotatable bonds is 8. The quantitative estimate of drug-likeness (QED) is 0.374. The van der Waals surface area contributed by atoms with Crippen molar-refractivity contribution in [3.05, 3.63) is 38.6 Å².